The molecule has 1 atom stereocenters. The Morgan fingerprint density at radius 3 is 2.52 bits per heavy atom. The summed E-state index contributed by atoms with van der Waals surface area (Å²) in [6.07, 6.45) is 1.47. The number of hydrogen-bond donors (Lipinski definition) is 1. The van der Waals surface area contributed by atoms with Gasteiger partial charge < -0.3 is 5.11 Å². The zero-order valence-electron chi connectivity index (χ0n) is 12.8. The lowest BCUT2D eigenvalue weighted by atomic mass is 10.0. The number of nitrogens with zero attached hydrogens (tertiary/aromatic N) is 1. The van der Waals surface area contributed by atoms with Crippen LogP contribution < -0.4 is 4.31 Å². The quantitative estimate of drug-likeness (QED) is 0.778. The highest BCUT2D eigenvalue weighted by Gasteiger charge is 2.32. The van der Waals surface area contributed by atoms with Crippen molar-refractivity contribution in [1.82, 2.24) is 0 Å². The fourth-order valence-electron chi connectivity index (χ4n) is 2.44. The molecule has 0 saturated heterocycles. The van der Waals surface area contributed by atoms with Gasteiger partial charge in [-0.1, -0.05) is 29.3 Å². The summed E-state index contributed by atoms with van der Waals surface area (Å²) in [4.78, 5) is 24.0. The molecular weight excluding hydrogens is 385 g/mol. The van der Waals surface area contributed by atoms with E-state index in [1.54, 1.807) is 25.2 Å². The number of fused-ring (bicyclic) bond motifs is 1. The predicted octanol–water partition coefficient (Wildman–Crippen LogP) is 4.03. The third-order valence-electron chi connectivity index (χ3n) is 3.73. The number of ketones is 1. The fraction of sp³-hybridized carbons (Fsp3) is 0.0588. The number of halogens is 2. The minimum absolute atomic E-state index is 0.0120. The van der Waals surface area contributed by atoms with Crippen molar-refractivity contribution in [3.8, 4) is 0 Å². The molecule has 1 aliphatic rings. The average molecular weight is 396 g/mol. The predicted molar refractivity (Wildman–Crippen MR) is 98.7 cm³/mol. The fourth-order valence-corrected chi connectivity index (χ4v) is 3.89. The number of anilines is 1. The maximum atomic E-state index is 12.8. The van der Waals surface area contributed by atoms with Gasteiger partial charge in [0.05, 0.1) is 21.3 Å². The summed E-state index contributed by atoms with van der Waals surface area (Å²) < 4.78 is 14.1. The number of carboxylic acid groups (broad SMARTS) is 1. The van der Waals surface area contributed by atoms with Gasteiger partial charge in [0.2, 0.25) is 5.78 Å². The second-order valence-corrected chi connectivity index (χ2v) is 7.60. The number of Topliss-reactive ketones (excluding diaryl/α,β-unsaturated/α-hetero) is 1. The molecule has 5 nitrogen and oxygen atoms in total. The number of benzene rings is 2. The molecule has 1 unspecified atom stereocenters. The highest BCUT2D eigenvalue weighted by atomic mass is 35.5. The summed E-state index contributed by atoms with van der Waals surface area (Å²) in [5.74, 6) is -1.62. The van der Waals surface area contributed by atoms with E-state index in [4.69, 9.17) is 28.3 Å². The second-order valence-electron chi connectivity index (χ2n) is 5.29. The molecule has 2 aromatic rings. The zero-order valence-corrected chi connectivity index (χ0v) is 15.2. The summed E-state index contributed by atoms with van der Waals surface area (Å²) in [5.41, 5.74) is 1.16. The van der Waals surface area contributed by atoms with Crippen LogP contribution in [0.15, 0.2) is 41.3 Å². The lowest BCUT2D eigenvalue weighted by Crippen LogP contribution is -2.31. The van der Waals surface area contributed by atoms with Crippen LogP contribution in [0.25, 0.3) is 6.08 Å². The van der Waals surface area contributed by atoms with Gasteiger partial charge in [0.15, 0.2) is 11.0 Å². The summed E-state index contributed by atoms with van der Waals surface area (Å²) in [6.45, 7) is 0. The molecule has 1 heterocycles. The minimum atomic E-state index is -1.72. The molecule has 0 amide bonds. The van der Waals surface area contributed by atoms with Gasteiger partial charge in [0, 0.05) is 12.6 Å². The van der Waals surface area contributed by atoms with Crippen molar-refractivity contribution in [1.29, 1.82) is 0 Å². The van der Waals surface area contributed by atoms with Crippen molar-refractivity contribution >= 4 is 57.7 Å². The molecule has 0 radical (unpaired) electrons. The van der Waals surface area contributed by atoms with Crippen LogP contribution in [0.4, 0.5) is 5.69 Å². The van der Waals surface area contributed by atoms with E-state index in [1.165, 1.54) is 28.6 Å². The van der Waals surface area contributed by atoms with E-state index in [9.17, 15) is 13.8 Å². The minimum Gasteiger partial charge on any atom is -0.478 e. The zero-order chi connectivity index (χ0) is 18.3. The van der Waals surface area contributed by atoms with Gasteiger partial charge in [-0.2, -0.15) is 0 Å². The van der Waals surface area contributed by atoms with E-state index >= 15 is 0 Å². The van der Waals surface area contributed by atoms with Gasteiger partial charge in [0.1, 0.15) is 4.91 Å². The molecule has 1 N–H and O–H groups in total. The van der Waals surface area contributed by atoms with E-state index in [0.717, 1.165) is 0 Å². The summed E-state index contributed by atoms with van der Waals surface area (Å²) in [7, 11) is -0.149. The summed E-state index contributed by atoms with van der Waals surface area (Å²) in [5, 5.41) is 9.80. The van der Waals surface area contributed by atoms with Crippen LogP contribution in [0.2, 0.25) is 10.0 Å². The molecule has 1 aliphatic heterocycles. The Labute approximate surface area is 156 Å². The Balaban J connectivity index is 2.13. The van der Waals surface area contributed by atoms with Gasteiger partial charge in [-0.05, 0) is 42.0 Å². The largest absolute Gasteiger partial charge is 0.478 e. The van der Waals surface area contributed by atoms with E-state index in [1.807, 2.05) is 0 Å². The van der Waals surface area contributed by atoms with E-state index in [0.29, 0.717) is 21.3 Å². The van der Waals surface area contributed by atoms with Gasteiger partial charge in [-0.25, -0.2) is 9.00 Å². The van der Waals surface area contributed by atoms with Crippen molar-refractivity contribution in [2.45, 2.75) is 0 Å². The topological polar surface area (TPSA) is 74.7 Å². The number of carbonyl (C=O) groups is 2. The number of hydrogen-bond acceptors (Lipinski definition) is 3. The van der Waals surface area contributed by atoms with Crippen LogP contribution in [-0.2, 0) is 11.0 Å². The van der Waals surface area contributed by atoms with Crippen molar-refractivity contribution in [2.75, 3.05) is 11.4 Å². The van der Waals surface area contributed by atoms with E-state index < -0.39 is 22.7 Å². The lowest BCUT2D eigenvalue weighted by molar-refractivity contribution is 0.0697. The Morgan fingerprint density at radius 2 is 1.88 bits per heavy atom. The molecule has 0 fully saturated rings. The summed E-state index contributed by atoms with van der Waals surface area (Å²) >= 11 is 11.8. The first kappa shape index (κ1) is 17.7. The second kappa shape index (κ2) is 6.63. The van der Waals surface area contributed by atoms with Crippen molar-refractivity contribution in [2.24, 2.45) is 0 Å². The maximum absolute atomic E-state index is 12.8. The number of rotatable bonds is 2. The first-order valence-electron chi connectivity index (χ1n) is 7.04. The molecule has 0 spiro atoms. The van der Waals surface area contributed by atoms with Crippen LogP contribution in [0.3, 0.4) is 0 Å². The Bertz CT molecular complexity index is 971. The molecule has 0 saturated carbocycles. The molecular formula is C17H11Cl2NO4S. The Morgan fingerprint density at radius 1 is 1.16 bits per heavy atom. The molecule has 0 aromatic heterocycles. The van der Waals surface area contributed by atoms with Gasteiger partial charge in [0.25, 0.3) is 0 Å². The Hall–Kier alpha value is -2.15. The highest BCUT2D eigenvalue weighted by Crippen LogP contribution is 2.34. The number of aromatic carboxylic acids is 1. The van der Waals surface area contributed by atoms with E-state index in [2.05, 4.69) is 0 Å². The van der Waals surface area contributed by atoms with Crippen LogP contribution in [-0.4, -0.2) is 28.1 Å². The summed E-state index contributed by atoms with van der Waals surface area (Å²) in [6, 6.07) is 8.92. The van der Waals surface area contributed by atoms with Crippen molar-refractivity contribution < 1.29 is 18.9 Å². The van der Waals surface area contributed by atoms with Crippen molar-refractivity contribution in [3.05, 3.63) is 68.0 Å². The molecule has 128 valence electrons. The third-order valence-corrected chi connectivity index (χ3v) is 5.84. The monoisotopic (exact) mass is 395 g/mol. The van der Waals surface area contributed by atoms with Gasteiger partial charge in [-0.3, -0.25) is 9.10 Å². The van der Waals surface area contributed by atoms with Crippen molar-refractivity contribution in [3.63, 3.8) is 0 Å². The number of carbonyl (C=O) groups excluding carboxylic acids is 1. The SMILES string of the molecule is CN1c2ccc(C(=O)O)cc2C(=O)/C(=C/c2ccc(Cl)c(Cl)c2)S1=O. The maximum Gasteiger partial charge on any atom is 0.335 e. The number of carboxylic acids is 1. The standard InChI is InChI=1S/C17H11Cl2NO4S/c1-20-14-5-3-10(17(22)23)8-11(14)16(21)15(25(20)24)7-9-2-4-12(18)13(19)6-9/h2-8H,1H3,(H,22,23)/b15-7-. The van der Waals surface area contributed by atoms with Crippen LogP contribution in [0.1, 0.15) is 26.3 Å². The molecule has 0 aliphatic carbocycles. The van der Waals surface area contributed by atoms with Crippen LogP contribution >= 0.6 is 23.2 Å². The van der Waals surface area contributed by atoms with Gasteiger partial charge in [-0.15, -0.1) is 0 Å². The normalized spacial score (nSPS) is 18.4. The molecule has 3 rings (SSSR count). The van der Waals surface area contributed by atoms with Gasteiger partial charge >= 0.3 is 5.97 Å². The molecule has 25 heavy (non-hydrogen) atoms. The molecule has 8 heteroatoms. The lowest BCUT2D eigenvalue weighted by Gasteiger charge is -2.27. The van der Waals surface area contributed by atoms with Crippen LogP contribution in [0.5, 0.6) is 0 Å². The first-order chi connectivity index (χ1) is 11.8. The average Bonchev–Trinajstić information content (AvgIpc) is 2.59. The highest BCUT2D eigenvalue weighted by molar-refractivity contribution is 7.91. The smallest absolute Gasteiger partial charge is 0.335 e. The molecule has 2 aromatic carbocycles. The third kappa shape index (κ3) is 3.20. The Kier molecular flexibility index (Phi) is 4.69. The van der Waals surface area contributed by atoms with E-state index in [-0.39, 0.29) is 16.0 Å². The number of allylic oxidation sites excluding steroid dienone is 1. The van der Waals surface area contributed by atoms with Crippen LogP contribution in [0, 0.1) is 0 Å². The first-order valence-corrected chi connectivity index (χ1v) is 8.90. The molecule has 0 bridgehead atoms.